The van der Waals surface area contributed by atoms with Gasteiger partial charge in [0.1, 0.15) is 17.1 Å². The van der Waals surface area contributed by atoms with Crippen molar-refractivity contribution >= 4 is 17.4 Å². The van der Waals surface area contributed by atoms with E-state index >= 15 is 0 Å². The van der Waals surface area contributed by atoms with Gasteiger partial charge in [-0.2, -0.15) is 0 Å². The number of carbonyl (C=O) groups excluding carboxylic acids is 1. The average Bonchev–Trinajstić information content (AvgIpc) is 3.21. The molecular formula is C18H10FNO3. The minimum atomic E-state index is -0.442. The highest BCUT2D eigenvalue weighted by atomic mass is 19.1. The number of benzene rings is 2. The normalized spacial score (nSPS) is 11.0. The van der Waals surface area contributed by atoms with E-state index in [1.807, 2.05) is 12.1 Å². The van der Waals surface area contributed by atoms with Gasteiger partial charge in [-0.1, -0.05) is 12.1 Å². The highest BCUT2D eigenvalue weighted by Crippen LogP contribution is 2.31. The summed E-state index contributed by atoms with van der Waals surface area (Å²) in [6.07, 6.45) is 0.620. The molecule has 0 bridgehead atoms. The Bertz CT molecular complexity index is 983. The molecule has 0 unspecified atom stereocenters. The van der Waals surface area contributed by atoms with Crippen LogP contribution in [0.5, 0.6) is 0 Å². The van der Waals surface area contributed by atoms with Crippen LogP contribution >= 0.6 is 0 Å². The number of oxazole rings is 1. The number of nitrogens with zero attached hydrogens (tertiary/aromatic N) is 1. The van der Waals surface area contributed by atoms with E-state index in [0.717, 1.165) is 0 Å². The second kappa shape index (κ2) is 5.21. The number of rotatable bonds is 3. The first-order valence-corrected chi connectivity index (χ1v) is 6.95. The lowest BCUT2D eigenvalue weighted by Crippen LogP contribution is -1.86. The Hall–Kier alpha value is -3.21. The molecule has 0 saturated heterocycles. The predicted octanol–water partition coefficient (Wildman–Crippen LogP) is 4.71. The van der Waals surface area contributed by atoms with Crippen molar-refractivity contribution in [2.75, 3.05) is 0 Å². The van der Waals surface area contributed by atoms with Crippen molar-refractivity contribution in [2.24, 2.45) is 0 Å². The van der Waals surface area contributed by atoms with Gasteiger partial charge >= 0.3 is 0 Å². The lowest BCUT2D eigenvalue weighted by atomic mass is 10.1. The van der Waals surface area contributed by atoms with Crippen molar-refractivity contribution in [3.8, 4) is 22.8 Å². The van der Waals surface area contributed by atoms with Gasteiger partial charge in [0.25, 0.3) is 0 Å². The van der Waals surface area contributed by atoms with Crippen LogP contribution in [-0.4, -0.2) is 11.3 Å². The fourth-order valence-electron chi connectivity index (χ4n) is 2.40. The van der Waals surface area contributed by atoms with Gasteiger partial charge < -0.3 is 8.83 Å². The van der Waals surface area contributed by atoms with Gasteiger partial charge in [-0.3, -0.25) is 4.79 Å². The van der Waals surface area contributed by atoms with E-state index in [-0.39, 0.29) is 17.2 Å². The van der Waals surface area contributed by atoms with Crippen LogP contribution in [0.1, 0.15) is 10.6 Å². The summed E-state index contributed by atoms with van der Waals surface area (Å²) in [5.74, 6) is 0.451. The van der Waals surface area contributed by atoms with Gasteiger partial charge in [0.15, 0.2) is 17.6 Å². The molecule has 4 aromatic rings. The smallest absolute Gasteiger partial charge is 0.230 e. The minimum Gasteiger partial charge on any atom is -0.453 e. The molecule has 23 heavy (non-hydrogen) atoms. The summed E-state index contributed by atoms with van der Waals surface area (Å²) in [6, 6.07) is 14.9. The predicted molar refractivity (Wildman–Crippen MR) is 82.5 cm³/mol. The van der Waals surface area contributed by atoms with Crippen LogP contribution in [0.2, 0.25) is 0 Å². The van der Waals surface area contributed by atoms with Gasteiger partial charge in [0.2, 0.25) is 5.89 Å². The minimum absolute atomic E-state index is 0.202. The SMILES string of the molecule is O=Cc1ccc(-c2ccc(F)c(-c3nc4ccccc4o3)c2)o1. The molecule has 5 heteroatoms. The number of hydrogen-bond acceptors (Lipinski definition) is 4. The first-order valence-electron chi connectivity index (χ1n) is 6.95. The molecule has 0 aliphatic carbocycles. The highest BCUT2D eigenvalue weighted by Gasteiger charge is 2.15. The number of para-hydroxylation sites is 2. The van der Waals surface area contributed by atoms with Crippen molar-refractivity contribution in [3.63, 3.8) is 0 Å². The number of fused-ring (bicyclic) bond motifs is 1. The summed E-state index contributed by atoms with van der Waals surface area (Å²) < 4.78 is 25.2. The number of halogens is 1. The summed E-state index contributed by atoms with van der Waals surface area (Å²) in [6.45, 7) is 0. The fourth-order valence-corrected chi connectivity index (χ4v) is 2.40. The fraction of sp³-hybridized carbons (Fsp3) is 0. The molecule has 0 atom stereocenters. The Kier molecular flexibility index (Phi) is 3.05. The van der Waals surface area contributed by atoms with Gasteiger partial charge in [-0.05, 0) is 42.5 Å². The van der Waals surface area contributed by atoms with Gasteiger partial charge in [-0.25, -0.2) is 9.37 Å². The third kappa shape index (κ3) is 2.32. The van der Waals surface area contributed by atoms with Crippen LogP contribution in [0, 0.1) is 5.82 Å². The molecule has 0 fully saturated rings. The van der Waals surface area contributed by atoms with Crippen LogP contribution < -0.4 is 0 Å². The molecular weight excluding hydrogens is 297 g/mol. The average molecular weight is 307 g/mol. The molecule has 0 N–H and O–H groups in total. The van der Waals surface area contributed by atoms with E-state index in [1.165, 1.54) is 6.07 Å². The monoisotopic (exact) mass is 307 g/mol. The lowest BCUT2D eigenvalue weighted by Gasteiger charge is -2.02. The molecule has 2 heterocycles. The molecule has 0 radical (unpaired) electrons. The summed E-state index contributed by atoms with van der Waals surface area (Å²) >= 11 is 0. The van der Waals surface area contributed by atoms with Gasteiger partial charge in [-0.15, -0.1) is 0 Å². The Labute approximate surface area is 130 Å². The van der Waals surface area contributed by atoms with Gasteiger partial charge in [0.05, 0.1) is 5.56 Å². The molecule has 0 aliphatic rings. The van der Waals surface area contributed by atoms with Crippen LogP contribution in [0.4, 0.5) is 4.39 Å². The zero-order valence-corrected chi connectivity index (χ0v) is 11.8. The Morgan fingerprint density at radius 3 is 2.65 bits per heavy atom. The number of aldehydes is 1. The quantitative estimate of drug-likeness (QED) is 0.514. The summed E-state index contributed by atoms with van der Waals surface area (Å²) in [5.41, 5.74) is 2.13. The molecule has 0 aliphatic heterocycles. The zero-order valence-electron chi connectivity index (χ0n) is 11.8. The van der Waals surface area contributed by atoms with Crippen molar-refractivity contribution in [1.82, 2.24) is 4.98 Å². The molecule has 0 saturated carbocycles. The molecule has 4 nitrogen and oxygen atoms in total. The molecule has 2 aromatic heterocycles. The van der Waals surface area contributed by atoms with Crippen molar-refractivity contribution < 1.29 is 18.0 Å². The third-order valence-corrected chi connectivity index (χ3v) is 3.52. The number of furan rings is 1. The third-order valence-electron chi connectivity index (χ3n) is 3.52. The van der Waals surface area contributed by atoms with E-state index in [0.29, 0.717) is 28.7 Å². The van der Waals surface area contributed by atoms with E-state index < -0.39 is 5.82 Å². The van der Waals surface area contributed by atoms with Gasteiger partial charge in [0, 0.05) is 5.56 Å². The number of aromatic nitrogens is 1. The van der Waals surface area contributed by atoms with E-state index in [9.17, 15) is 9.18 Å². The topological polar surface area (TPSA) is 56.2 Å². The second-order valence-electron chi connectivity index (χ2n) is 5.00. The van der Waals surface area contributed by atoms with Crippen molar-refractivity contribution in [1.29, 1.82) is 0 Å². The Morgan fingerprint density at radius 2 is 1.87 bits per heavy atom. The molecule has 112 valence electrons. The van der Waals surface area contributed by atoms with E-state index in [4.69, 9.17) is 8.83 Å². The molecule has 2 aromatic carbocycles. The number of carbonyl (C=O) groups is 1. The zero-order chi connectivity index (χ0) is 15.8. The van der Waals surface area contributed by atoms with Crippen LogP contribution in [0.15, 0.2) is 63.4 Å². The van der Waals surface area contributed by atoms with Crippen molar-refractivity contribution in [3.05, 3.63) is 66.2 Å². The van der Waals surface area contributed by atoms with Crippen LogP contribution in [0.25, 0.3) is 33.9 Å². The van der Waals surface area contributed by atoms with E-state index in [2.05, 4.69) is 4.98 Å². The second-order valence-corrected chi connectivity index (χ2v) is 5.00. The standard InChI is InChI=1S/C18H10FNO3/c19-14-7-5-11(16-8-6-12(10-21)22-16)9-13(14)18-20-15-3-1-2-4-17(15)23-18/h1-10H. The molecule has 4 rings (SSSR count). The Balaban J connectivity index is 1.84. The summed E-state index contributed by atoms with van der Waals surface area (Å²) in [5, 5.41) is 0. The van der Waals surface area contributed by atoms with E-state index in [1.54, 1.807) is 36.4 Å². The maximum absolute atomic E-state index is 14.2. The maximum atomic E-state index is 14.2. The molecule has 0 spiro atoms. The first-order chi connectivity index (χ1) is 11.2. The first kappa shape index (κ1) is 13.5. The number of hydrogen-bond donors (Lipinski definition) is 0. The highest BCUT2D eigenvalue weighted by molar-refractivity contribution is 5.78. The maximum Gasteiger partial charge on any atom is 0.230 e. The van der Waals surface area contributed by atoms with Crippen LogP contribution in [0.3, 0.4) is 0 Å². The largest absolute Gasteiger partial charge is 0.453 e. The summed E-state index contributed by atoms with van der Waals surface area (Å²) in [4.78, 5) is 15.0. The molecule has 0 amide bonds. The lowest BCUT2D eigenvalue weighted by molar-refractivity contribution is 0.110. The Morgan fingerprint density at radius 1 is 1.00 bits per heavy atom. The van der Waals surface area contributed by atoms with Crippen LogP contribution in [-0.2, 0) is 0 Å². The van der Waals surface area contributed by atoms with Crippen molar-refractivity contribution in [2.45, 2.75) is 0 Å². The summed E-state index contributed by atoms with van der Waals surface area (Å²) in [7, 11) is 0.